The van der Waals surface area contributed by atoms with Crippen molar-refractivity contribution in [2.45, 2.75) is 38.8 Å². The van der Waals surface area contributed by atoms with Crippen LogP contribution in [-0.2, 0) is 12.1 Å². The minimum absolute atomic E-state index is 0.0490. The van der Waals surface area contributed by atoms with Gasteiger partial charge in [-0.05, 0) is 27.3 Å². The summed E-state index contributed by atoms with van der Waals surface area (Å²) in [5, 5.41) is 3.27. The zero-order valence-corrected chi connectivity index (χ0v) is 9.75. The van der Waals surface area contributed by atoms with Gasteiger partial charge in [0.1, 0.15) is 0 Å². The van der Waals surface area contributed by atoms with Crippen molar-refractivity contribution in [3.8, 4) is 12.3 Å². The fourth-order valence-electron chi connectivity index (χ4n) is 1.50. The predicted octanol–water partition coefficient (Wildman–Crippen LogP) is 1.75. The molecule has 0 spiro atoms. The third-order valence-corrected chi connectivity index (χ3v) is 2.70. The van der Waals surface area contributed by atoms with Gasteiger partial charge in [0.15, 0.2) is 0 Å². The zero-order chi connectivity index (χ0) is 11.3. The predicted molar refractivity (Wildman–Crippen MR) is 62.4 cm³/mol. The molecule has 0 aromatic carbocycles. The molecule has 3 nitrogen and oxygen atoms in total. The van der Waals surface area contributed by atoms with Crippen molar-refractivity contribution in [3.63, 3.8) is 0 Å². The number of aromatic nitrogens is 2. The molecule has 15 heavy (non-hydrogen) atoms. The molecule has 1 rings (SSSR count). The quantitative estimate of drug-likeness (QED) is 0.586. The van der Waals surface area contributed by atoms with E-state index in [0.29, 0.717) is 0 Å². The van der Waals surface area contributed by atoms with Crippen molar-refractivity contribution in [2.75, 3.05) is 7.05 Å². The van der Waals surface area contributed by atoms with Crippen molar-refractivity contribution >= 4 is 0 Å². The fraction of sp³-hybridized carbons (Fsp3) is 0.583. The Morgan fingerprint density at radius 1 is 1.60 bits per heavy atom. The molecule has 1 N–H and O–H groups in total. The second-order valence-electron chi connectivity index (χ2n) is 4.15. The van der Waals surface area contributed by atoms with Gasteiger partial charge in [-0.25, -0.2) is 4.98 Å². The fourth-order valence-corrected chi connectivity index (χ4v) is 1.50. The highest BCUT2D eigenvalue weighted by Crippen LogP contribution is 2.19. The van der Waals surface area contributed by atoms with E-state index in [9.17, 15) is 0 Å². The molecule has 0 aliphatic carbocycles. The number of aryl methyl sites for hydroxylation is 1. The van der Waals surface area contributed by atoms with Gasteiger partial charge < -0.3 is 9.88 Å². The first-order valence-electron chi connectivity index (χ1n) is 5.25. The van der Waals surface area contributed by atoms with Crippen molar-refractivity contribution in [1.82, 2.24) is 14.9 Å². The minimum atomic E-state index is -0.0490. The molecule has 0 saturated carbocycles. The maximum Gasteiger partial charge on any atom is 0.0948 e. The number of hydrogen-bond acceptors (Lipinski definition) is 2. The topological polar surface area (TPSA) is 29.9 Å². The Morgan fingerprint density at radius 3 is 2.93 bits per heavy atom. The molecule has 0 bridgehead atoms. The van der Waals surface area contributed by atoms with Crippen LogP contribution in [0.2, 0.25) is 0 Å². The molecule has 3 heteroatoms. The molecule has 0 unspecified atom stereocenters. The summed E-state index contributed by atoms with van der Waals surface area (Å²) in [5.74, 6) is 2.65. The second kappa shape index (κ2) is 4.99. The molecule has 1 aromatic rings. The third kappa shape index (κ3) is 2.84. The van der Waals surface area contributed by atoms with Gasteiger partial charge in [-0.1, -0.05) is 0 Å². The summed E-state index contributed by atoms with van der Waals surface area (Å²) in [5.41, 5.74) is 1.15. The Morgan fingerprint density at radius 2 is 2.33 bits per heavy atom. The molecular weight excluding hydrogens is 186 g/mol. The Balaban J connectivity index is 2.74. The number of unbranched alkanes of at least 4 members (excludes halogenated alkanes) is 1. The average molecular weight is 205 g/mol. The summed E-state index contributed by atoms with van der Waals surface area (Å²) >= 11 is 0. The van der Waals surface area contributed by atoms with Crippen LogP contribution in [-0.4, -0.2) is 16.6 Å². The van der Waals surface area contributed by atoms with Crippen LogP contribution in [0, 0.1) is 12.3 Å². The number of hydrogen-bond donors (Lipinski definition) is 1. The van der Waals surface area contributed by atoms with Crippen LogP contribution in [0.1, 0.15) is 32.4 Å². The lowest BCUT2D eigenvalue weighted by molar-refractivity contribution is 0.406. The lowest BCUT2D eigenvalue weighted by atomic mass is 10.0. The van der Waals surface area contributed by atoms with E-state index in [-0.39, 0.29) is 5.54 Å². The van der Waals surface area contributed by atoms with Crippen LogP contribution >= 0.6 is 0 Å². The van der Waals surface area contributed by atoms with Crippen LogP contribution in [0.15, 0.2) is 12.5 Å². The van der Waals surface area contributed by atoms with E-state index in [1.165, 1.54) is 5.69 Å². The van der Waals surface area contributed by atoms with Gasteiger partial charge in [0.05, 0.1) is 17.6 Å². The molecule has 0 radical (unpaired) electrons. The third-order valence-electron chi connectivity index (χ3n) is 2.70. The molecule has 0 fully saturated rings. The van der Waals surface area contributed by atoms with E-state index in [1.807, 2.05) is 19.6 Å². The number of terminal acetylenes is 1. The molecule has 0 aliphatic rings. The van der Waals surface area contributed by atoms with Crippen molar-refractivity contribution in [1.29, 1.82) is 0 Å². The maximum atomic E-state index is 5.23. The van der Waals surface area contributed by atoms with E-state index in [0.717, 1.165) is 19.4 Å². The monoisotopic (exact) mass is 205 g/mol. The Labute approximate surface area is 91.9 Å². The molecule has 0 saturated heterocycles. The van der Waals surface area contributed by atoms with Crippen molar-refractivity contribution < 1.29 is 0 Å². The molecule has 1 heterocycles. The largest absolute Gasteiger partial charge is 0.333 e. The van der Waals surface area contributed by atoms with E-state index >= 15 is 0 Å². The number of rotatable bonds is 5. The van der Waals surface area contributed by atoms with Crippen LogP contribution in [0.3, 0.4) is 0 Å². The van der Waals surface area contributed by atoms with Gasteiger partial charge in [-0.3, -0.25) is 0 Å². The summed E-state index contributed by atoms with van der Waals surface area (Å²) in [4.78, 5) is 4.19. The van der Waals surface area contributed by atoms with Crippen LogP contribution < -0.4 is 5.32 Å². The van der Waals surface area contributed by atoms with E-state index in [2.05, 4.69) is 34.6 Å². The molecular formula is C12H19N3. The first kappa shape index (κ1) is 11.8. The van der Waals surface area contributed by atoms with Crippen LogP contribution in [0.5, 0.6) is 0 Å². The van der Waals surface area contributed by atoms with E-state index < -0.39 is 0 Å². The Kier molecular flexibility index (Phi) is 3.93. The van der Waals surface area contributed by atoms with Crippen molar-refractivity contribution in [2.24, 2.45) is 0 Å². The van der Waals surface area contributed by atoms with Crippen LogP contribution in [0.25, 0.3) is 0 Å². The van der Waals surface area contributed by atoms with Gasteiger partial charge >= 0.3 is 0 Å². The number of imidazole rings is 1. The van der Waals surface area contributed by atoms with E-state index in [4.69, 9.17) is 6.42 Å². The lowest BCUT2D eigenvalue weighted by Gasteiger charge is -2.25. The van der Waals surface area contributed by atoms with Crippen LogP contribution in [0.4, 0.5) is 0 Å². The standard InChI is InChI=1S/C12H19N3/c1-5-6-7-8-15-10-14-9-11(15)12(2,3)13-4/h1,9-10,13H,6-8H2,2-4H3. The Bertz CT molecular complexity index is 344. The summed E-state index contributed by atoms with van der Waals surface area (Å²) in [7, 11) is 1.96. The SMILES string of the molecule is C#CCCCn1cncc1C(C)(C)NC. The van der Waals surface area contributed by atoms with Gasteiger partial charge in [-0.2, -0.15) is 0 Å². The highest BCUT2D eigenvalue weighted by Gasteiger charge is 2.21. The summed E-state index contributed by atoms with van der Waals surface area (Å²) < 4.78 is 2.16. The lowest BCUT2D eigenvalue weighted by Crippen LogP contribution is -2.35. The highest BCUT2D eigenvalue weighted by atomic mass is 15.1. The molecule has 0 atom stereocenters. The summed E-state index contributed by atoms with van der Waals surface area (Å²) in [6.07, 6.45) is 10.8. The minimum Gasteiger partial charge on any atom is -0.333 e. The zero-order valence-electron chi connectivity index (χ0n) is 9.75. The molecule has 0 amide bonds. The summed E-state index contributed by atoms with van der Waals surface area (Å²) in [6, 6.07) is 0. The normalized spacial score (nSPS) is 11.3. The first-order valence-corrected chi connectivity index (χ1v) is 5.25. The second-order valence-corrected chi connectivity index (χ2v) is 4.15. The van der Waals surface area contributed by atoms with Gasteiger partial charge in [0, 0.05) is 19.2 Å². The van der Waals surface area contributed by atoms with Gasteiger partial charge in [0.2, 0.25) is 0 Å². The highest BCUT2D eigenvalue weighted by molar-refractivity contribution is 5.10. The number of nitrogens with one attached hydrogen (secondary N) is 1. The molecule has 82 valence electrons. The molecule has 1 aromatic heterocycles. The van der Waals surface area contributed by atoms with Gasteiger partial charge in [0.25, 0.3) is 0 Å². The van der Waals surface area contributed by atoms with Gasteiger partial charge in [-0.15, -0.1) is 12.3 Å². The average Bonchev–Trinajstić information content (AvgIpc) is 2.67. The molecule has 0 aliphatic heterocycles. The van der Waals surface area contributed by atoms with E-state index in [1.54, 1.807) is 0 Å². The maximum absolute atomic E-state index is 5.23. The van der Waals surface area contributed by atoms with Crippen molar-refractivity contribution in [3.05, 3.63) is 18.2 Å². The summed E-state index contributed by atoms with van der Waals surface area (Å²) in [6.45, 7) is 5.22. The Hall–Kier alpha value is -1.27. The number of nitrogens with zero attached hydrogens (tertiary/aromatic N) is 2. The first-order chi connectivity index (χ1) is 7.11. The smallest absolute Gasteiger partial charge is 0.0948 e.